The Balaban J connectivity index is 1.69. The highest BCUT2D eigenvalue weighted by Crippen LogP contribution is 2.32. The summed E-state index contributed by atoms with van der Waals surface area (Å²) < 4.78 is 1.09. The van der Waals surface area contributed by atoms with Crippen LogP contribution in [0.4, 0.5) is 0 Å². The second-order valence-corrected chi connectivity index (χ2v) is 7.15. The highest BCUT2D eigenvalue weighted by atomic mass is 79.9. The molecule has 126 valence electrons. The zero-order chi connectivity index (χ0) is 17.8. The summed E-state index contributed by atoms with van der Waals surface area (Å²) in [5.41, 5.74) is 4.23. The van der Waals surface area contributed by atoms with Gasteiger partial charge in [-0.1, -0.05) is 42.5 Å². The number of carbonyl (C=O) groups is 1. The molecule has 3 aromatic carbocycles. The number of nitrogens with one attached hydrogen (secondary N) is 1. The standard InChI is InChI=1S/C19H14Br2N2O2/c20-16-8-12(9-17(21)19(16)25)11-22-23-18(24)10-14-6-3-5-13-4-1-2-7-15(13)14/h1-9,11,25H,10H2,(H,23,24)/b22-11-. The number of benzene rings is 3. The van der Waals surface area contributed by atoms with Crippen LogP contribution in [0.3, 0.4) is 0 Å². The Morgan fingerprint density at radius 1 is 1.08 bits per heavy atom. The molecule has 0 radical (unpaired) electrons. The number of rotatable bonds is 4. The molecule has 0 aliphatic carbocycles. The van der Waals surface area contributed by atoms with Crippen LogP contribution in [0.2, 0.25) is 0 Å². The van der Waals surface area contributed by atoms with Crippen molar-refractivity contribution in [3.63, 3.8) is 0 Å². The molecule has 0 bridgehead atoms. The molecule has 25 heavy (non-hydrogen) atoms. The summed E-state index contributed by atoms with van der Waals surface area (Å²) in [6.07, 6.45) is 1.78. The third kappa shape index (κ3) is 4.27. The van der Waals surface area contributed by atoms with Crippen molar-refractivity contribution >= 4 is 54.8 Å². The Morgan fingerprint density at radius 3 is 2.52 bits per heavy atom. The average molecular weight is 462 g/mol. The lowest BCUT2D eigenvalue weighted by molar-refractivity contribution is -0.120. The van der Waals surface area contributed by atoms with Crippen LogP contribution in [-0.2, 0) is 11.2 Å². The first-order valence-electron chi connectivity index (χ1n) is 7.51. The lowest BCUT2D eigenvalue weighted by atomic mass is 10.0. The largest absolute Gasteiger partial charge is 0.506 e. The van der Waals surface area contributed by atoms with Crippen LogP contribution in [0.5, 0.6) is 5.75 Å². The Hall–Kier alpha value is -2.18. The molecule has 1 amide bonds. The number of aromatic hydroxyl groups is 1. The molecule has 0 saturated carbocycles. The second-order valence-electron chi connectivity index (χ2n) is 5.44. The smallest absolute Gasteiger partial charge is 0.244 e. The van der Waals surface area contributed by atoms with Crippen LogP contribution in [0.15, 0.2) is 68.6 Å². The number of carbonyl (C=O) groups excluding carboxylic acids is 1. The summed E-state index contributed by atoms with van der Waals surface area (Å²) in [6, 6.07) is 17.3. The van der Waals surface area contributed by atoms with Gasteiger partial charge in [-0.3, -0.25) is 4.79 Å². The van der Waals surface area contributed by atoms with Gasteiger partial charge >= 0.3 is 0 Å². The summed E-state index contributed by atoms with van der Waals surface area (Å²) in [5, 5.41) is 15.8. The lowest BCUT2D eigenvalue weighted by Crippen LogP contribution is -2.19. The van der Waals surface area contributed by atoms with E-state index in [9.17, 15) is 9.90 Å². The maximum atomic E-state index is 12.2. The van der Waals surface area contributed by atoms with Crippen molar-refractivity contribution in [2.75, 3.05) is 0 Å². The third-order valence-corrected chi connectivity index (χ3v) is 4.88. The first-order valence-corrected chi connectivity index (χ1v) is 9.10. The van der Waals surface area contributed by atoms with Crippen molar-refractivity contribution in [2.45, 2.75) is 6.42 Å². The fourth-order valence-corrected chi connectivity index (χ4v) is 3.72. The quantitative estimate of drug-likeness (QED) is 0.434. The number of hydrogen-bond acceptors (Lipinski definition) is 3. The minimum absolute atomic E-state index is 0.122. The van der Waals surface area contributed by atoms with Crippen LogP contribution in [0.1, 0.15) is 11.1 Å². The van der Waals surface area contributed by atoms with Crippen LogP contribution in [-0.4, -0.2) is 17.2 Å². The topological polar surface area (TPSA) is 61.7 Å². The number of hydrazone groups is 1. The van der Waals surface area contributed by atoms with Crippen molar-refractivity contribution in [3.8, 4) is 5.75 Å². The van der Waals surface area contributed by atoms with Gasteiger partial charge in [-0.05, 0) is 65.9 Å². The van der Waals surface area contributed by atoms with Gasteiger partial charge in [0.1, 0.15) is 5.75 Å². The van der Waals surface area contributed by atoms with Crippen molar-refractivity contribution < 1.29 is 9.90 Å². The minimum Gasteiger partial charge on any atom is -0.506 e. The molecule has 0 aliphatic rings. The minimum atomic E-state index is -0.190. The Morgan fingerprint density at radius 2 is 1.76 bits per heavy atom. The summed E-state index contributed by atoms with van der Waals surface area (Å²) in [5.74, 6) is -0.0679. The van der Waals surface area contributed by atoms with E-state index >= 15 is 0 Å². The number of phenolic OH excluding ortho intramolecular Hbond substituents is 1. The van der Waals surface area contributed by atoms with Crippen molar-refractivity contribution in [1.82, 2.24) is 5.43 Å². The second kappa shape index (κ2) is 7.80. The van der Waals surface area contributed by atoms with Gasteiger partial charge in [0.2, 0.25) is 5.91 Å². The molecule has 0 unspecified atom stereocenters. The van der Waals surface area contributed by atoms with Crippen LogP contribution in [0, 0.1) is 0 Å². The number of hydrogen-bond donors (Lipinski definition) is 2. The van der Waals surface area contributed by atoms with E-state index in [2.05, 4.69) is 42.4 Å². The molecule has 0 fully saturated rings. The van der Waals surface area contributed by atoms with E-state index in [4.69, 9.17) is 0 Å². The van der Waals surface area contributed by atoms with Crippen LogP contribution < -0.4 is 5.43 Å². The van der Waals surface area contributed by atoms with Crippen molar-refractivity contribution in [3.05, 3.63) is 74.7 Å². The Bertz CT molecular complexity index is 942. The SMILES string of the molecule is O=C(Cc1cccc2ccccc12)N/N=C\c1cc(Br)c(O)c(Br)c1. The van der Waals surface area contributed by atoms with E-state index in [0.717, 1.165) is 21.9 Å². The van der Waals surface area contributed by atoms with E-state index in [1.54, 1.807) is 12.1 Å². The van der Waals surface area contributed by atoms with E-state index in [1.165, 1.54) is 6.21 Å². The fraction of sp³-hybridized carbons (Fsp3) is 0.0526. The monoisotopic (exact) mass is 460 g/mol. The highest BCUT2D eigenvalue weighted by Gasteiger charge is 2.07. The number of amides is 1. The Kier molecular flexibility index (Phi) is 5.50. The number of fused-ring (bicyclic) bond motifs is 1. The van der Waals surface area contributed by atoms with Crippen molar-refractivity contribution in [2.24, 2.45) is 5.10 Å². The summed E-state index contributed by atoms with van der Waals surface area (Å²) in [6.45, 7) is 0. The maximum absolute atomic E-state index is 12.2. The molecule has 0 atom stereocenters. The lowest BCUT2D eigenvalue weighted by Gasteiger charge is -2.05. The average Bonchev–Trinajstić information content (AvgIpc) is 2.60. The van der Waals surface area contributed by atoms with Gasteiger partial charge in [-0.2, -0.15) is 5.10 Å². The third-order valence-electron chi connectivity index (χ3n) is 3.67. The number of halogens is 2. The molecule has 0 aliphatic heterocycles. The molecule has 2 N–H and O–H groups in total. The maximum Gasteiger partial charge on any atom is 0.244 e. The molecule has 4 nitrogen and oxygen atoms in total. The number of nitrogens with zero attached hydrogens (tertiary/aromatic N) is 1. The van der Waals surface area contributed by atoms with Crippen LogP contribution in [0.25, 0.3) is 10.8 Å². The molecule has 0 saturated heterocycles. The molecule has 0 spiro atoms. The molecule has 0 heterocycles. The van der Waals surface area contributed by atoms with Gasteiger partial charge in [-0.25, -0.2) is 5.43 Å². The van der Waals surface area contributed by atoms with E-state index in [1.807, 2.05) is 42.5 Å². The first-order chi connectivity index (χ1) is 12.0. The van der Waals surface area contributed by atoms with Gasteiger partial charge in [0, 0.05) is 0 Å². The van der Waals surface area contributed by atoms with Gasteiger partial charge in [0.25, 0.3) is 0 Å². The van der Waals surface area contributed by atoms with Gasteiger partial charge < -0.3 is 5.11 Å². The molecule has 3 rings (SSSR count). The van der Waals surface area contributed by atoms with Gasteiger partial charge in [0.05, 0.1) is 21.6 Å². The molecule has 3 aromatic rings. The zero-order valence-corrected chi connectivity index (χ0v) is 16.2. The van der Waals surface area contributed by atoms with E-state index in [-0.39, 0.29) is 18.1 Å². The van der Waals surface area contributed by atoms with Crippen LogP contribution >= 0.6 is 31.9 Å². The molecular weight excluding hydrogens is 448 g/mol. The zero-order valence-electron chi connectivity index (χ0n) is 13.0. The summed E-state index contributed by atoms with van der Waals surface area (Å²) >= 11 is 6.51. The van der Waals surface area contributed by atoms with Crippen molar-refractivity contribution in [1.29, 1.82) is 0 Å². The highest BCUT2D eigenvalue weighted by molar-refractivity contribution is 9.11. The number of phenols is 1. The fourth-order valence-electron chi connectivity index (χ4n) is 2.50. The predicted molar refractivity (Wildman–Crippen MR) is 107 cm³/mol. The van der Waals surface area contributed by atoms with E-state index < -0.39 is 0 Å². The van der Waals surface area contributed by atoms with E-state index in [0.29, 0.717) is 8.95 Å². The summed E-state index contributed by atoms with van der Waals surface area (Å²) in [4.78, 5) is 12.2. The first kappa shape index (κ1) is 17.6. The predicted octanol–water partition coefficient (Wildman–Crippen LogP) is 4.76. The molecule has 6 heteroatoms. The molecule has 0 aromatic heterocycles. The normalized spacial score (nSPS) is 11.1. The van der Waals surface area contributed by atoms with Gasteiger partial charge in [0.15, 0.2) is 0 Å². The summed E-state index contributed by atoms with van der Waals surface area (Å²) in [7, 11) is 0. The van der Waals surface area contributed by atoms with Gasteiger partial charge in [-0.15, -0.1) is 0 Å². The molecular formula is C19H14Br2N2O2. The Labute approximate surface area is 161 Å².